The zero-order valence-corrected chi connectivity index (χ0v) is 17.2. The van der Waals surface area contributed by atoms with Gasteiger partial charge in [0.05, 0.1) is 19.0 Å². The van der Waals surface area contributed by atoms with Crippen molar-refractivity contribution in [1.29, 1.82) is 0 Å². The van der Waals surface area contributed by atoms with Gasteiger partial charge in [-0.25, -0.2) is 0 Å². The van der Waals surface area contributed by atoms with Gasteiger partial charge in [-0.15, -0.1) is 0 Å². The molecule has 1 aliphatic heterocycles. The highest BCUT2D eigenvalue weighted by Crippen LogP contribution is 2.19. The van der Waals surface area contributed by atoms with Gasteiger partial charge in [0.15, 0.2) is 0 Å². The van der Waals surface area contributed by atoms with Gasteiger partial charge in [-0.05, 0) is 37.0 Å². The largest absolute Gasteiger partial charge is 0.491 e. The van der Waals surface area contributed by atoms with Crippen LogP contribution in [-0.2, 0) is 9.59 Å². The molecule has 0 bridgehead atoms. The number of benzene rings is 1. The molecule has 1 unspecified atom stereocenters. The molecule has 1 aromatic rings. The molecular formula is C21H33N3O3. The van der Waals surface area contributed by atoms with Crippen LogP contribution < -0.4 is 10.1 Å². The minimum Gasteiger partial charge on any atom is -0.491 e. The summed E-state index contributed by atoms with van der Waals surface area (Å²) in [4.78, 5) is 28.7. The Balaban J connectivity index is 1.86. The van der Waals surface area contributed by atoms with Crippen molar-refractivity contribution in [2.75, 3.05) is 39.8 Å². The van der Waals surface area contributed by atoms with Gasteiger partial charge in [0.2, 0.25) is 11.8 Å². The van der Waals surface area contributed by atoms with Crippen molar-refractivity contribution < 1.29 is 14.3 Å². The van der Waals surface area contributed by atoms with Gasteiger partial charge in [-0.2, -0.15) is 0 Å². The van der Waals surface area contributed by atoms with Gasteiger partial charge in [-0.3, -0.25) is 14.5 Å². The number of piperazine rings is 1. The predicted molar refractivity (Wildman–Crippen MR) is 107 cm³/mol. The van der Waals surface area contributed by atoms with Gasteiger partial charge < -0.3 is 15.0 Å². The molecule has 0 radical (unpaired) electrons. The first kappa shape index (κ1) is 21.2. The number of ether oxygens (including phenoxy) is 1. The second kappa shape index (κ2) is 9.74. The Morgan fingerprint density at radius 2 is 2.11 bits per heavy atom. The lowest BCUT2D eigenvalue weighted by atomic mass is 10.1. The van der Waals surface area contributed by atoms with Crippen molar-refractivity contribution in [3.8, 4) is 5.75 Å². The number of hydrogen-bond acceptors (Lipinski definition) is 4. The maximum atomic E-state index is 12.6. The van der Waals surface area contributed by atoms with E-state index in [1.165, 1.54) is 0 Å². The molecule has 1 atom stereocenters. The van der Waals surface area contributed by atoms with E-state index in [2.05, 4.69) is 30.1 Å². The molecule has 0 spiro atoms. The highest BCUT2D eigenvalue weighted by Gasteiger charge is 2.32. The van der Waals surface area contributed by atoms with Crippen LogP contribution in [0.5, 0.6) is 5.75 Å². The van der Waals surface area contributed by atoms with Crippen molar-refractivity contribution in [3.05, 3.63) is 29.3 Å². The third kappa shape index (κ3) is 6.24. The standard InChI is InChI=1S/C21H33N3O3/c1-15(2)14-24-9-8-22-21(26)18(24)13-20(25)23(5)10-11-27-19-12-16(3)6-7-17(19)4/h6-7,12,15,18H,8-11,13-14H2,1-5H3,(H,22,26). The summed E-state index contributed by atoms with van der Waals surface area (Å²) >= 11 is 0. The first-order valence-corrected chi connectivity index (χ1v) is 9.73. The van der Waals surface area contributed by atoms with Crippen LogP contribution in [0.25, 0.3) is 0 Å². The first-order valence-electron chi connectivity index (χ1n) is 9.73. The van der Waals surface area contributed by atoms with E-state index in [1.807, 2.05) is 26.0 Å². The van der Waals surface area contributed by atoms with Crippen molar-refractivity contribution in [2.24, 2.45) is 5.92 Å². The highest BCUT2D eigenvalue weighted by atomic mass is 16.5. The van der Waals surface area contributed by atoms with Crippen molar-refractivity contribution in [3.63, 3.8) is 0 Å². The van der Waals surface area contributed by atoms with Crippen molar-refractivity contribution >= 4 is 11.8 Å². The van der Waals surface area contributed by atoms with Crippen LogP contribution in [0.2, 0.25) is 0 Å². The minimum absolute atomic E-state index is 0.0321. The molecule has 1 aliphatic rings. The fourth-order valence-electron chi connectivity index (χ4n) is 3.27. The van der Waals surface area contributed by atoms with Gasteiger partial charge in [0, 0.05) is 26.7 Å². The van der Waals surface area contributed by atoms with Crippen molar-refractivity contribution in [2.45, 2.75) is 40.2 Å². The summed E-state index contributed by atoms with van der Waals surface area (Å²) in [5, 5.41) is 2.88. The summed E-state index contributed by atoms with van der Waals surface area (Å²) in [6.07, 6.45) is 0.207. The summed E-state index contributed by atoms with van der Waals surface area (Å²) in [6, 6.07) is 5.71. The Labute approximate surface area is 162 Å². The van der Waals surface area contributed by atoms with E-state index in [0.29, 0.717) is 25.6 Å². The van der Waals surface area contributed by atoms with Crippen LogP contribution in [-0.4, -0.2) is 67.5 Å². The van der Waals surface area contributed by atoms with Crippen LogP contribution in [0.1, 0.15) is 31.4 Å². The van der Waals surface area contributed by atoms with Crippen LogP contribution in [0.4, 0.5) is 0 Å². The normalized spacial score (nSPS) is 17.7. The molecule has 150 valence electrons. The van der Waals surface area contributed by atoms with Gasteiger partial charge >= 0.3 is 0 Å². The molecule has 1 saturated heterocycles. The summed E-state index contributed by atoms with van der Waals surface area (Å²) in [5.41, 5.74) is 2.23. The fraction of sp³-hybridized carbons (Fsp3) is 0.619. The zero-order chi connectivity index (χ0) is 20.0. The smallest absolute Gasteiger partial charge is 0.237 e. The maximum absolute atomic E-state index is 12.6. The number of likely N-dealkylation sites (N-methyl/N-ethyl adjacent to an activating group) is 1. The van der Waals surface area contributed by atoms with E-state index in [0.717, 1.165) is 30.0 Å². The Morgan fingerprint density at radius 3 is 2.81 bits per heavy atom. The Hall–Kier alpha value is -2.08. The number of carbonyl (C=O) groups is 2. The molecule has 1 N–H and O–H groups in total. The number of rotatable bonds is 8. The quantitative estimate of drug-likeness (QED) is 0.755. The van der Waals surface area contributed by atoms with Crippen molar-refractivity contribution in [1.82, 2.24) is 15.1 Å². The van der Waals surface area contributed by atoms with E-state index in [1.54, 1.807) is 11.9 Å². The minimum atomic E-state index is -0.379. The molecule has 1 fully saturated rings. The molecule has 2 amide bonds. The average molecular weight is 376 g/mol. The summed E-state index contributed by atoms with van der Waals surface area (Å²) in [7, 11) is 1.77. The van der Waals surface area contributed by atoms with Crippen LogP contribution >= 0.6 is 0 Å². The topological polar surface area (TPSA) is 61.9 Å². The van der Waals surface area contributed by atoms with Crippen LogP contribution in [0, 0.1) is 19.8 Å². The Bertz CT molecular complexity index is 660. The van der Waals surface area contributed by atoms with Crippen LogP contribution in [0.15, 0.2) is 18.2 Å². The third-order valence-electron chi connectivity index (χ3n) is 4.86. The number of hydrogen-bond donors (Lipinski definition) is 1. The molecule has 2 rings (SSSR count). The monoisotopic (exact) mass is 375 g/mol. The molecule has 0 aliphatic carbocycles. The molecule has 0 aromatic heterocycles. The number of aryl methyl sites for hydroxylation is 2. The number of nitrogens with zero attached hydrogens (tertiary/aromatic N) is 2. The van der Waals surface area contributed by atoms with E-state index in [4.69, 9.17) is 4.74 Å². The number of amides is 2. The molecule has 1 aromatic carbocycles. The predicted octanol–water partition coefficient (Wildman–Crippen LogP) is 1.99. The van der Waals surface area contributed by atoms with Gasteiger partial charge in [0.1, 0.15) is 12.4 Å². The Kier molecular flexibility index (Phi) is 7.66. The maximum Gasteiger partial charge on any atom is 0.237 e. The highest BCUT2D eigenvalue weighted by molar-refractivity contribution is 5.88. The average Bonchev–Trinajstić information content (AvgIpc) is 2.60. The molecule has 1 heterocycles. The SMILES string of the molecule is Cc1ccc(C)c(OCCN(C)C(=O)CC2C(=O)NCCN2CC(C)C)c1. The Morgan fingerprint density at radius 1 is 1.37 bits per heavy atom. The number of carbonyl (C=O) groups excluding carboxylic acids is 2. The third-order valence-corrected chi connectivity index (χ3v) is 4.86. The summed E-state index contributed by atoms with van der Waals surface area (Å²) in [6.45, 7) is 11.5. The lowest BCUT2D eigenvalue weighted by Gasteiger charge is -2.36. The molecule has 6 nitrogen and oxygen atoms in total. The summed E-state index contributed by atoms with van der Waals surface area (Å²) < 4.78 is 5.84. The van der Waals surface area contributed by atoms with E-state index in [9.17, 15) is 9.59 Å². The van der Waals surface area contributed by atoms with Gasteiger partial charge in [-0.1, -0.05) is 26.0 Å². The van der Waals surface area contributed by atoms with Gasteiger partial charge in [0.25, 0.3) is 0 Å². The lowest BCUT2D eigenvalue weighted by molar-refractivity contribution is -0.138. The fourth-order valence-corrected chi connectivity index (χ4v) is 3.27. The molecule has 0 saturated carbocycles. The van der Waals surface area contributed by atoms with E-state index >= 15 is 0 Å². The summed E-state index contributed by atoms with van der Waals surface area (Å²) in [5.74, 6) is 1.23. The molecular weight excluding hydrogens is 342 g/mol. The molecule has 27 heavy (non-hydrogen) atoms. The van der Waals surface area contributed by atoms with Crippen LogP contribution in [0.3, 0.4) is 0 Å². The first-order chi connectivity index (χ1) is 12.8. The second-order valence-electron chi connectivity index (χ2n) is 7.83. The van der Waals surface area contributed by atoms with E-state index in [-0.39, 0.29) is 24.3 Å². The van der Waals surface area contributed by atoms with E-state index < -0.39 is 0 Å². The number of nitrogens with one attached hydrogen (secondary N) is 1. The second-order valence-corrected chi connectivity index (χ2v) is 7.83. The molecule has 6 heteroatoms. The zero-order valence-electron chi connectivity index (χ0n) is 17.2. The lowest BCUT2D eigenvalue weighted by Crippen LogP contribution is -2.57.